The van der Waals surface area contributed by atoms with Crippen LogP contribution >= 0.6 is 0 Å². The second kappa shape index (κ2) is 8.89. The Hall–Kier alpha value is -0.800. The van der Waals surface area contributed by atoms with Crippen LogP contribution in [-0.2, 0) is 9.47 Å². The summed E-state index contributed by atoms with van der Waals surface area (Å²) in [4.78, 5) is 0. The molecule has 1 aliphatic heterocycles. The van der Waals surface area contributed by atoms with Crippen LogP contribution in [0.25, 0.3) is 0 Å². The predicted molar refractivity (Wildman–Crippen MR) is 83.5 cm³/mol. The molecule has 1 fully saturated rings. The molecule has 0 aromatic heterocycles. The van der Waals surface area contributed by atoms with Gasteiger partial charge in [-0.1, -0.05) is 17.7 Å². The highest BCUT2D eigenvalue weighted by molar-refractivity contribution is 5.00. The fraction of sp³-hybridized carbons (Fsp3) is 0.750. The summed E-state index contributed by atoms with van der Waals surface area (Å²) in [5.74, 6) is 0. The van der Waals surface area contributed by atoms with Gasteiger partial charge in [-0.25, -0.2) is 0 Å². The number of hydrogen-bond acceptors (Lipinski definition) is 7. The molecule has 7 nitrogen and oxygen atoms in total. The van der Waals surface area contributed by atoms with Crippen LogP contribution in [0.3, 0.4) is 0 Å². The summed E-state index contributed by atoms with van der Waals surface area (Å²) in [7, 11) is 0. The Morgan fingerprint density at radius 3 is 2.39 bits per heavy atom. The molecule has 0 bridgehead atoms. The summed E-state index contributed by atoms with van der Waals surface area (Å²) < 4.78 is 10.6. The van der Waals surface area contributed by atoms with Crippen LogP contribution in [0.2, 0.25) is 0 Å². The second-order valence-electron chi connectivity index (χ2n) is 6.14. The topological polar surface area (TPSA) is 120 Å². The number of hydrogen-bond donors (Lipinski definition) is 5. The smallest absolute Gasteiger partial charge is 0.186 e. The third kappa shape index (κ3) is 5.65. The van der Waals surface area contributed by atoms with E-state index in [-0.39, 0.29) is 6.61 Å². The summed E-state index contributed by atoms with van der Waals surface area (Å²) in [5, 5.41) is 48.8. The van der Waals surface area contributed by atoms with E-state index in [2.05, 4.69) is 6.58 Å². The lowest BCUT2D eigenvalue weighted by atomic mass is 9.97. The minimum atomic E-state index is -1.51. The molecule has 134 valence electrons. The number of aliphatic hydroxyl groups excluding tert-OH is 4. The van der Waals surface area contributed by atoms with Crippen LogP contribution < -0.4 is 0 Å². The highest BCUT2D eigenvalue weighted by Crippen LogP contribution is 2.24. The molecule has 1 heterocycles. The Kier molecular flexibility index (Phi) is 7.82. The molecule has 6 atom stereocenters. The second-order valence-corrected chi connectivity index (χ2v) is 6.14. The highest BCUT2D eigenvalue weighted by Gasteiger charge is 2.44. The monoisotopic (exact) mass is 332 g/mol. The zero-order valence-electron chi connectivity index (χ0n) is 13.6. The Morgan fingerprint density at radius 1 is 1.22 bits per heavy atom. The van der Waals surface area contributed by atoms with Crippen molar-refractivity contribution in [1.29, 1.82) is 0 Å². The molecule has 1 saturated heterocycles. The Bertz CT molecular complexity index is 405. The first-order valence-electron chi connectivity index (χ1n) is 7.65. The molecule has 0 spiro atoms. The van der Waals surface area contributed by atoms with E-state index < -0.39 is 42.9 Å². The van der Waals surface area contributed by atoms with Crippen molar-refractivity contribution < 1.29 is 35.0 Å². The SMILES string of the molecule is C=CC(O)(CCC=C(C)C)CO[C@@H]1O[C@H](CO)[C@@H](O)[C@H](O)[C@H]1O. The van der Waals surface area contributed by atoms with Gasteiger partial charge in [0, 0.05) is 0 Å². The van der Waals surface area contributed by atoms with E-state index in [1.54, 1.807) is 0 Å². The van der Waals surface area contributed by atoms with Crippen molar-refractivity contribution in [3.8, 4) is 0 Å². The largest absolute Gasteiger partial charge is 0.394 e. The molecule has 7 heteroatoms. The van der Waals surface area contributed by atoms with Crippen LogP contribution in [-0.4, -0.2) is 75.1 Å². The summed E-state index contributed by atoms with van der Waals surface area (Å²) in [5.41, 5.74) is -0.184. The minimum Gasteiger partial charge on any atom is -0.394 e. The van der Waals surface area contributed by atoms with Gasteiger partial charge in [0.2, 0.25) is 0 Å². The normalized spacial score (nSPS) is 33.8. The first kappa shape index (κ1) is 20.2. The van der Waals surface area contributed by atoms with E-state index in [1.165, 1.54) is 6.08 Å². The standard InChI is InChI=1S/C16H28O7/c1-4-16(21,7-5-6-10(2)3)9-22-15-14(20)13(19)12(18)11(8-17)23-15/h4,6,11-15,17-21H,1,5,7-9H2,2-3H3/t11-,12-,13+,14-,15-,16?/m1/s1. The quantitative estimate of drug-likeness (QED) is 0.379. The van der Waals surface area contributed by atoms with Gasteiger partial charge in [-0.2, -0.15) is 0 Å². The summed E-state index contributed by atoms with van der Waals surface area (Å²) in [6.07, 6.45) is -2.40. The van der Waals surface area contributed by atoms with Gasteiger partial charge in [0.25, 0.3) is 0 Å². The number of rotatable bonds is 8. The molecular formula is C16H28O7. The predicted octanol–water partition coefficient (Wildman–Crippen LogP) is -0.534. The molecule has 1 aliphatic rings. The summed E-state index contributed by atoms with van der Waals surface area (Å²) in [6, 6.07) is 0. The Balaban J connectivity index is 2.62. The molecule has 0 saturated carbocycles. The molecular weight excluding hydrogens is 304 g/mol. The minimum absolute atomic E-state index is 0.199. The maximum atomic E-state index is 10.4. The number of aliphatic hydroxyl groups is 5. The number of allylic oxidation sites excluding steroid dienone is 2. The third-order valence-electron chi connectivity index (χ3n) is 3.86. The molecule has 5 N–H and O–H groups in total. The van der Waals surface area contributed by atoms with Gasteiger partial charge in [-0.15, -0.1) is 6.58 Å². The maximum Gasteiger partial charge on any atom is 0.186 e. The lowest BCUT2D eigenvalue weighted by Gasteiger charge is -2.40. The van der Waals surface area contributed by atoms with Gasteiger partial charge >= 0.3 is 0 Å². The molecule has 23 heavy (non-hydrogen) atoms. The molecule has 0 aromatic carbocycles. The van der Waals surface area contributed by atoms with Gasteiger partial charge in [0.05, 0.1) is 13.2 Å². The van der Waals surface area contributed by atoms with Gasteiger partial charge in [-0.05, 0) is 26.7 Å². The maximum absolute atomic E-state index is 10.4. The van der Waals surface area contributed by atoms with Gasteiger partial charge in [-0.3, -0.25) is 0 Å². The molecule has 0 aliphatic carbocycles. The van der Waals surface area contributed by atoms with E-state index in [1.807, 2.05) is 19.9 Å². The first-order valence-corrected chi connectivity index (χ1v) is 7.65. The molecule has 0 aromatic rings. The zero-order valence-corrected chi connectivity index (χ0v) is 13.6. The van der Waals surface area contributed by atoms with Gasteiger partial charge in [0.1, 0.15) is 30.0 Å². The van der Waals surface area contributed by atoms with Gasteiger partial charge in [0.15, 0.2) is 6.29 Å². The van der Waals surface area contributed by atoms with Crippen molar-refractivity contribution in [2.75, 3.05) is 13.2 Å². The van der Waals surface area contributed by atoms with E-state index >= 15 is 0 Å². The van der Waals surface area contributed by atoms with Crippen molar-refractivity contribution in [1.82, 2.24) is 0 Å². The van der Waals surface area contributed by atoms with Crippen LogP contribution in [0.1, 0.15) is 26.7 Å². The molecule has 0 amide bonds. The van der Waals surface area contributed by atoms with Crippen molar-refractivity contribution in [2.45, 2.75) is 63.0 Å². The molecule has 1 unspecified atom stereocenters. The van der Waals surface area contributed by atoms with Crippen molar-refractivity contribution >= 4 is 0 Å². The van der Waals surface area contributed by atoms with Crippen molar-refractivity contribution in [3.05, 3.63) is 24.3 Å². The first-order chi connectivity index (χ1) is 10.7. The van der Waals surface area contributed by atoms with E-state index in [9.17, 15) is 20.4 Å². The average Bonchev–Trinajstić information content (AvgIpc) is 2.51. The van der Waals surface area contributed by atoms with Gasteiger partial charge < -0.3 is 35.0 Å². The summed E-state index contributed by atoms with van der Waals surface area (Å²) in [6.45, 7) is 6.77. The van der Waals surface area contributed by atoms with E-state index in [0.29, 0.717) is 12.8 Å². The third-order valence-corrected chi connectivity index (χ3v) is 3.86. The average molecular weight is 332 g/mol. The van der Waals surface area contributed by atoms with Crippen LogP contribution in [0.5, 0.6) is 0 Å². The van der Waals surface area contributed by atoms with E-state index in [4.69, 9.17) is 14.6 Å². The molecule has 0 radical (unpaired) electrons. The number of ether oxygens (including phenoxy) is 2. The van der Waals surface area contributed by atoms with Crippen molar-refractivity contribution in [3.63, 3.8) is 0 Å². The fourth-order valence-electron chi connectivity index (χ4n) is 2.28. The van der Waals surface area contributed by atoms with Crippen LogP contribution in [0, 0.1) is 0 Å². The van der Waals surface area contributed by atoms with Crippen LogP contribution in [0.15, 0.2) is 24.3 Å². The Labute approximate surface area is 136 Å². The van der Waals surface area contributed by atoms with E-state index in [0.717, 1.165) is 5.57 Å². The lowest BCUT2D eigenvalue weighted by molar-refractivity contribution is -0.307. The molecule has 1 rings (SSSR count). The summed E-state index contributed by atoms with van der Waals surface area (Å²) >= 11 is 0. The zero-order chi connectivity index (χ0) is 17.6. The van der Waals surface area contributed by atoms with Crippen molar-refractivity contribution in [2.24, 2.45) is 0 Å². The van der Waals surface area contributed by atoms with Crippen LogP contribution in [0.4, 0.5) is 0 Å². The Morgan fingerprint density at radius 2 is 1.87 bits per heavy atom. The lowest BCUT2D eigenvalue weighted by Crippen LogP contribution is -2.59. The highest BCUT2D eigenvalue weighted by atomic mass is 16.7. The fourth-order valence-corrected chi connectivity index (χ4v) is 2.28.